The molecule has 4 nitrogen and oxygen atoms in total. The van der Waals surface area contributed by atoms with Crippen LogP contribution < -0.4 is 10.1 Å². The van der Waals surface area contributed by atoms with Crippen molar-refractivity contribution in [2.45, 2.75) is 32.2 Å². The Labute approximate surface area is 108 Å². The van der Waals surface area contributed by atoms with E-state index in [1.54, 1.807) is 6.92 Å². The van der Waals surface area contributed by atoms with Gasteiger partial charge >= 0.3 is 5.97 Å². The Kier molecular flexibility index (Phi) is 5.65. The van der Waals surface area contributed by atoms with Gasteiger partial charge in [0.15, 0.2) is 0 Å². The van der Waals surface area contributed by atoms with E-state index in [1.807, 2.05) is 37.3 Å². The number of rotatable bonds is 8. The smallest absolute Gasteiger partial charge is 0.323 e. The number of carboxylic acid groups (broad SMARTS) is 1. The molecule has 1 unspecified atom stereocenters. The maximum Gasteiger partial charge on any atom is 0.323 e. The summed E-state index contributed by atoms with van der Waals surface area (Å²) in [6, 6.07) is 9.53. The number of hydrogen-bond donors (Lipinski definition) is 2. The molecule has 1 rings (SSSR count). The quantitative estimate of drug-likeness (QED) is 0.696. The van der Waals surface area contributed by atoms with E-state index in [0.717, 1.165) is 5.75 Å². The van der Waals surface area contributed by atoms with Crippen molar-refractivity contribution < 1.29 is 14.6 Å². The van der Waals surface area contributed by atoms with E-state index in [1.165, 1.54) is 0 Å². The number of likely N-dealkylation sites (N-methyl/N-ethyl adjacent to an activating group) is 1. The van der Waals surface area contributed by atoms with E-state index in [4.69, 9.17) is 4.74 Å². The Balaban J connectivity index is 2.34. The molecule has 0 saturated heterocycles. The van der Waals surface area contributed by atoms with E-state index >= 15 is 0 Å². The third-order valence-electron chi connectivity index (χ3n) is 2.87. The molecular formula is C14H21NO3. The molecule has 4 heteroatoms. The summed E-state index contributed by atoms with van der Waals surface area (Å²) in [5, 5.41) is 12.2. The highest BCUT2D eigenvalue weighted by atomic mass is 16.5. The lowest BCUT2D eigenvalue weighted by Crippen LogP contribution is -2.49. The number of ether oxygens (including phenoxy) is 1. The fourth-order valence-corrected chi connectivity index (χ4v) is 1.79. The Morgan fingerprint density at radius 3 is 2.61 bits per heavy atom. The van der Waals surface area contributed by atoms with Crippen LogP contribution in [-0.2, 0) is 4.79 Å². The zero-order valence-corrected chi connectivity index (χ0v) is 11.0. The molecule has 0 radical (unpaired) electrons. The summed E-state index contributed by atoms with van der Waals surface area (Å²) in [5.41, 5.74) is -0.866. The van der Waals surface area contributed by atoms with Crippen molar-refractivity contribution in [1.82, 2.24) is 5.32 Å². The van der Waals surface area contributed by atoms with Crippen LogP contribution in [0.3, 0.4) is 0 Å². The molecule has 0 fully saturated rings. The molecule has 0 spiro atoms. The highest BCUT2D eigenvalue weighted by Gasteiger charge is 2.31. The van der Waals surface area contributed by atoms with E-state index in [-0.39, 0.29) is 0 Å². The van der Waals surface area contributed by atoms with Gasteiger partial charge in [-0.05, 0) is 38.4 Å². The number of nitrogens with one attached hydrogen (secondary N) is 1. The number of aliphatic carboxylic acids is 1. The predicted molar refractivity (Wildman–Crippen MR) is 70.9 cm³/mol. The van der Waals surface area contributed by atoms with Crippen molar-refractivity contribution >= 4 is 5.97 Å². The summed E-state index contributed by atoms with van der Waals surface area (Å²) in [6.45, 7) is 4.78. The summed E-state index contributed by atoms with van der Waals surface area (Å²) in [4.78, 5) is 11.2. The van der Waals surface area contributed by atoms with E-state index in [2.05, 4.69) is 5.32 Å². The van der Waals surface area contributed by atoms with Crippen LogP contribution in [0.25, 0.3) is 0 Å². The van der Waals surface area contributed by atoms with Gasteiger partial charge in [0.1, 0.15) is 11.3 Å². The topological polar surface area (TPSA) is 58.6 Å². The minimum Gasteiger partial charge on any atom is -0.494 e. The highest BCUT2D eigenvalue weighted by Crippen LogP contribution is 2.14. The lowest BCUT2D eigenvalue weighted by molar-refractivity contribution is -0.144. The van der Waals surface area contributed by atoms with Gasteiger partial charge in [-0.2, -0.15) is 0 Å². The summed E-state index contributed by atoms with van der Waals surface area (Å²) in [7, 11) is 0. The Hall–Kier alpha value is -1.55. The monoisotopic (exact) mass is 251 g/mol. The summed E-state index contributed by atoms with van der Waals surface area (Å²) in [6.07, 6.45) is 1.24. The Morgan fingerprint density at radius 1 is 1.39 bits per heavy atom. The molecule has 0 bridgehead atoms. The van der Waals surface area contributed by atoms with E-state index in [0.29, 0.717) is 26.0 Å². The van der Waals surface area contributed by atoms with Gasteiger partial charge in [0.2, 0.25) is 0 Å². The second-order valence-electron chi connectivity index (χ2n) is 4.43. The zero-order chi connectivity index (χ0) is 13.4. The van der Waals surface area contributed by atoms with Gasteiger partial charge in [-0.25, -0.2) is 0 Å². The maximum atomic E-state index is 11.2. The van der Waals surface area contributed by atoms with Crippen LogP contribution in [0.5, 0.6) is 5.75 Å². The lowest BCUT2D eigenvalue weighted by Gasteiger charge is -2.25. The normalized spacial score (nSPS) is 13.9. The molecule has 0 saturated carbocycles. The number of hydrogen-bond acceptors (Lipinski definition) is 3. The summed E-state index contributed by atoms with van der Waals surface area (Å²) >= 11 is 0. The van der Waals surface area contributed by atoms with Gasteiger partial charge in [-0.1, -0.05) is 25.1 Å². The average molecular weight is 251 g/mol. The molecule has 1 atom stereocenters. The van der Waals surface area contributed by atoms with Crippen molar-refractivity contribution in [1.29, 1.82) is 0 Å². The van der Waals surface area contributed by atoms with Crippen LogP contribution in [0.2, 0.25) is 0 Å². The van der Waals surface area contributed by atoms with Crippen molar-refractivity contribution in [2.75, 3.05) is 13.2 Å². The number of para-hydroxylation sites is 1. The molecule has 0 aliphatic carbocycles. The van der Waals surface area contributed by atoms with Crippen LogP contribution in [0.1, 0.15) is 26.7 Å². The number of carboxylic acids is 1. The van der Waals surface area contributed by atoms with Crippen LogP contribution in [-0.4, -0.2) is 29.8 Å². The summed E-state index contributed by atoms with van der Waals surface area (Å²) in [5.74, 6) is 0.00189. The molecule has 100 valence electrons. The highest BCUT2D eigenvalue weighted by molar-refractivity contribution is 5.78. The minimum atomic E-state index is -0.866. The fourth-order valence-electron chi connectivity index (χ4n) is 1.79. The SMILES string of the molecule is CCNC(C)(CCCOc1ccccc1)C(=O)O. The second-order valence-corrected chi connectivity index (χ2v) is 4.43. The van der Waals surface area contributed by atoms with E-state index < -0.39 is 11.5 Å². The Morgan fingerprint density at radius 2 is 2.06 bits per heavy atom. The molecule has 0 aliphatic heterocycles. The van der Waals surface area contributed by atoms with Gasteiger partial charge in [0.05, 0.1) is 6.61 Å². The molecule has 0 aromatic heterocycles. The third-order valence-corrected chi connectivity index (χ3v) is 2.87. The standard InChI is InChI=1S/C14H21NO3/c1-3-15-14(2,13(16)17)10-7-11-18-12-8-5-4-6-9-12/h4-6,8-9,15H,3,7,10-11H2,1-2H3,(H,16,17). The van der Waals surface area contributed by atoms with Crippen molar-refractivity contribution in [3.63, 3.8) is 0 Å². The molecule has 0 aliphatic rings. The first kappa shape index (κ1) is 14.5. The molecule has 18 heavy (non-hydrogen) atoms. The van der Waals surface area contributed by atoms with Gasteiger partial charge in [-0.3, -0.25) is 4.79 Å². The second kappa shape index (κ2) is 7.01. The third kappa shape index (κ3) is 4.37. The predicted octanol–water partition coefficient (Wildman–Crippen LogP) is 2.30. The zero-order valence-electron chi connectivity index (χ0n) is 11.0. The maximum absolute atomic E-state index is 11.2. The average Bonchev–Trinajstić information content (AvgIpc) is 2.36. The van der Waals surface area contributed by atoms with Gasteiger partial charge in [0.25, 0.3) is 0 Å². The molecule has 2 N–H and O–H groups in total. The van der Waals surface area contributed by atoms with Crippen molar-refractivity contribution in [3.05, 3.63) is 30.3 Å². The van der Waals surface area contributed by atoms with Gasteiger partial charge in [0, 0.05) is 0 Å². The molecule has 1 aromatic rings. The fraction of sp³-hybridized carbons (Fsp3) is 0.500. The number of carbonyl (C=O) groups is 1. The lowest BCUT2D eigenvalue weighted by atomic mass is 9.96. The molecule has 0 heterocycles. The first-order valence-electron chi connectivity index (χ1n) is 6.25. The minimum absolute atomic E-state index is 0.526. The van der Waals surface area contributed by atoms with Crippen LogP contribution in [0.4, 0.5) is 0 Å². The van der Waals surface area contributed by atoms with Crippen molar-refractivity contribution in [3.8, 4) is 5.75 Å². The van der Waals surface area contributed by atoms with Crippen LogP contribution in [0.15, 0.2) is 30.3 Å². The van der Waals surface area contributed by atoms with Crippen LogP contribution >= 0.6 is 0 Å². The summed E-state index contributed by atoms with van der Waals surface area (Å²) < 4.78 is 5.54. The van der Waals surface area contributed by atoms with E-state index in [9.17, 15) is 9.90 Å². The molecular weight excluding hydrogens is 230 g/mol. The largest absolute Gasteiger partial charge is 0.494 e. The first-order valence-corrected chi connectivity index (χ1v) is 6.25. The van der Waals surface area contributed by atoms with Crippen molar-refractivity contribution in [2.24, 2.45) is 0 Å². The van der Waals surface area contributed by atoms with Gasteiger partial charge < -0.3 is 15.2 Å². The Bertz CT molecular complexity index is 367. The molecule has 1 aromatic carbocycles. The first-order chi connectivity index (χ1) is 8.58. The number of benzene rings is 1. The van der Waals surface area contributed by atoms with Crippen LogP contribution in [0, 0.1) is 0 Å². The molecule has 0 amide bonds. The van der Waals surface area contributed by atoms with Gasteiger partial charge in [-0.15, -0.1) is 0 Å².